The number of benzene rings is 1. The summed E-state index contributed by atoms with van der Waals surface area (Å²) in [6.07, 6.45) is 7.96. The Balaban J connectivity index is 1.87. The van der Waals surface area contributed by atoms with Crippen LogP contribution in [0.25, 0.3) is 0 Å². The molecule has 84 valence electrons. The van der Waals surface area contributed by atoms with E-state index in [-0.39, 0.29) is 0 Å². The van der Waals surface area contributed by atoms with E-state index in [4.69, 9.17) is 0 Å². The molecule has 1 aromatic rings. The second kappa shape index (κ2) is 4.13. The van der Waals surface area contributed by atoms with Gasteiger partial charge in [-0.3, -0.25) is 9.98 Å². The molecule has 17 heavy (non-hydrogen) atoms. The minimum atomic E-state index is 1.04. The summed E-state index contributed by atoms with van der Waals surface area (Å²) in [4.78, 5) is 8.62. The molecular formula is C15H14N2. The fourth-order valence-corrected chi connectivity index (χ4v) is 2.19. The van der Waals surface area contributed by atoms with Crippen LogP contribution >= 0.6 is 0 Å². The maximum Gasteiger partial charge on any atom is 0.0797 e. The van der Waals surface area contributed by atoms with Gasteiger partial charge in [-0.2, -0.15) is 0 Å². The van der Waals surface area contributed by atoms with E-state index in [0.717, 1.165) is 23.3 Å². The van der Waals surface area contributed by atoms with Crippen molar-refractivity contribution in [3.8, 4) is 0 Å². The van der Waals surface area contributed by atoms with Gasteiger partial charge in [-0.25, -0.2) is 0 Å². The van der Waals surface area contributed by atoms with Crippen molar-refractivity contribution in [1.29, 1.82) is 0 Å². The smallest absolute Gasteiger partial charge is 0.0797 e. The van der Waals surface area contributed by atoms with Crippen molar-refractivity contribution in [1.82, 2.24) is 0 Å². The molecule has 0 spiro atoms. The maximum absolute atomic E-state index is 4.46. The molecule has 2 heterocycles. The van der Waals surface area contributed by atoms with Crippen LogP contribution in [0.2, 0.25) is 0 Å². The molecule has 0 N–H and O–H groups in total. The molecular weight excluding hydrogens is 208 g/mol. The zero-order valence-electron chi connectivity index (χ0n) is 9.85. The van der Waals surface area contributed by atoms with Gasteiger partial charge in [0.2, 0.25) is 0 Å². The summed E-state index contributed by atoms with van der Waals surface area (Å²) in [7, 11) is 0. The number of aliphatic imine (C=N–C) groups is 2. The number of hydrogen-bond donors (Lipinski definition) is 0. The molecule has 0 saturated heterocycles. The van der Waals surface area contributed by atoms with E-state index in [1.165, 1.54) is 17.5 Å². The molecule has 0 saturated carbocycles. The number of hydrogen-bond acceptors (Lipinski definition) is 2. The Kier molecular flexibility index (Phi) is 2.48. The molecule has 0 radical (unpaired) electrons. The summed E-state index contributed by atoms with van der Waals surface area (Å²) in [5, 5.41) is 0. The van der Waals surface area contributed by atoms with E-state index in [1.54, 1.807) is 0 Å². The van der Waals surface area contributed by atoms with Crippen molar-refractivity contribution >= 4 is 11.9 Å². The molecule has 1 aromatic carbocycles. The normalized spacial score (nSPS) is 16.6. The van der Waals surface area contributed by atoms with E-state index in [2.05, 4.69) is 41.2 Å². The first-order valence-electron chi connectivity index (χ1n) is 6.00. The van der Waals surface area contributed by atoms with Crippen LogP contribution in [-0.4, -0.2) is 11.9 Å². The van der Waals surface area contributed by atoms with Crippen molar-refractivity contribution < 1.29 is 0 Å². The van der Waals surface area contributed by atoms with Crippen molar-refractivity contribution in [2.45, 2.75) is 19.8 Å². The molecule has 0 unspecified atom stereocenters. The monoisotopic (exact) mass is 222 g/mol. The molecule has 0 bridgehead atoms. The summed E-state index contributed by atoms with van der Waals surface area (Å²) >= 11 is 0. The Morgan fingerprint density at radius 1 is 1.06 bits per heavy atom. The largest absolute Gasteiger partial charge is 0.263 e. The summed E-state index contributed by atoms with van der Waals surface area (Å²) in [6, 6.07) is 8.69. The van der Waals surface area contributed by atoms with E-state index < -0.39 is 0 Å². The first kappa shape index (κ1) is 10.2. The van der Waals surface area contributed by atoms with E-state index in [1.807, 2.05) is 18.6 Å². The zero-order chi connectivity index (χ0) is 11.7. The number of nitrogens with zero attached hydrogens (tertiary/aromatic N) is 2. The highest BCUT2D eigenvalue weighted by Gasteiger charge is 2.20. The third-order valence-electron chi connectivity index (χ3n) is 3.08. The predicted octanol–water partition coefficient (Wildman–Crippen LogP) is 3.29. The Labute approximate surface area is 101 Å². The van der Waals surface area contributed by atoms with Crippen LogP contribution < -0.4 is 0 Å². The zero-order valence-corrected chi connectivity index (χ0v) is 9.85. The van der Waals surface area contributed by atoms with E-state index >= 15 is 0 Å². The topological polar surface area (TPSA) is 24.7 Å². The molecule has 0 amide bonds. The molecule has 0 aromatic heterocycles. The molecule has 0 atom stereocenters. The van der Waals surface area contributed by atoms with Gasteiger partial charge in [0.25, 0.3) is 0 Å². The van der Waals surface area contributed by atoms with Crippen LogP contribution in [0, 0.1) is 0 Å². The molecule has 3 rings (SSSR count). The quantitative estimate of drug-likeness (QED) is 0.749. The minimum absolute atomic E-state index is 1.04. The van der Waals surface area contributed by atoms with Crippen molar-refractivity contribution in [2.75, 3.05) is 0 Å². The molecule has 0 aliphatic carbocycles. The highest BCUT2D eigenvalue weighted by atomic mass is 14.8. The lowest BCUT2D eigenvalue weighted by atomic mass is 9.99. The van der Waals surface area contributed by atoms with Crippen LogP contribution in [0.5, 0.6) is 0 Å². The van der Waals surface area contributed by atoms with Crippen LogP contribution in [0.4, 0.5) is 0 Å². The van der Waals surface area contributed by atoms with Crippen LogP contribution in [0.15, 0.2) is 57.8 Å². The highest BCUT2D eigenvalue weighted by molar-refractivity contribution is 6.22. The predicted molar refractivity (Wildman–Crippen MR) is 71.6 cm³/mol. The van der Waals surface area contributed by atoms with Gasteiger partial charge in [0.05, 0.1) is 5.71 Å². The number of aryl methyl sites for hydroxylation is 1. The van der Waals surface area contributed by atoms with Gasteiger partial charge in [0, 0.05) is 35.3 Å². The van der Waals surface area contributed by atoms with Crippen molar-refractivity contribution in [3.63, 3.8) is 0 Å². The first-order valence-corrected chi connectivity index (χ1v) is 6.00. The van der Waals surface area contributed by atoms with Gasteiger partial charge in [0.1, 0.15) is 0 Å². The Bertz CT molecular complexity index is 557. The first-order chi connectivity index (χ1) is 8.38. The third-order valence-corrected chi connectivity index (χ3v) is 3.08. The van der Waals surface area contributed by atoms with Gasteiger partial charge in [-0.1, -0.05) is 37.6 Å². The van der Waals surface area contributed by atoms with Gasteiger partial charge in [0.15, 0.2) is 0 Å². The summed E-state index contributed by atoms with van der Waals surface area (Å²) < 4.78 is 0. The molecule has 2 nitrogen and oxygen atoms in total. The number of allylic oxidation sites excluding steroid dienone is 2. The fraction of sp³-hybridized carbons (Fsp3) is 0.200. The number of rotatable bonds is 3. The second-order valence-electron chi connectivity index (χ2n) is 4.33. The number of fused-ring (bicyclic) bond motifs is 1. The average Bonchev–Trinajstić information content (AvgIpc) is 2.93. The van der Waals surface area contributed by atoms with E-state index in [0.29, 0.717) is 0 Å². The summed E-state index contributed by atoms with van der Waals surface area (Å²) in [6.45, 7) is 2.20. The van der Waals surface area contributed by atoms with E-state index in [9.17, 15) is 0 Å². The standard InChI is InChI=1S/C15H14N2/c1-2-3-11-4-6-12(7-5-11)15-14-10-16-8-13(14)9-17-15/h4-10H,2-3H2,1H3. The van der Waals surface area contributed by atoms with Gasteiger partial charge < -0.3 is 0 Å². The third kappa shape index (κ3) is 1.76. The maximum atomic E-state index is 4.46. The lowest BCUT2D eigenvalue weighted by Crippen LogP contribution is -2.02. The summed E-state index contributed by atoms with van der Waals surface area (Å²) in [5.41, 5.74) is 5.87. The Morgan fingerprint density at radius 3 is 2.65 bits per heavy atom. The van der Waals surface area contributed by atoms with Crippen LogP contribution in [-0.2, 0) is 6.42 Å². The minimum Gasteiger partial charge on any atom is -0.263 e. The second-order valence-corrected chi connectivity index (χ2v) is 4.33. The van der Waals surface area contributed by atoms with Crippen LogP contribution in [0.1, 0.15) is 24.5 Å². The molecule has 2 heteroatoms. The molecule has 2 aliphatic rings. The van der Waals surface area contributed by atoms with Crippen molar-refractivity contribution in [3.05, 3.63) is 58.9 Å². The van der Waals surface area contributed by atoms with Gasteiger partial charge >= 0.3 is 0 Å². The lowest BCUT2D eigenvalue weighted by molar-refractivity contribution is 0.922. The van der Waals surface area contributed by atoms with Crippen LogP contribution in [0.3, 0.4) is 0 Å². The fourth-order valence-electron chi connectivity index (χ4n) is 2.19. The Hall–Kier alpha value is -1.96. The lowest BCUT2D eigenvalue weighted by Gasteiger charge is -2.04. The SMILES string of the molecule is CCCc1ccc(C2=NC=C3C=NC=C32)cc1. The molecule has 0 fully saturated rings. The molecule has 2 aliphatic heterocycles. The van der Waals surface area contributed by atoms with Gasteiger partial charge in [-0.05, 0) is 12.0 Å². The van der Waals surface area contributed by atoms with Crippen molar-refractivity contribution in [2.24, 2.45) is 9.98 Å². The Morgan fingerprint density at radius 2 is 1.88 bits per heavy atom. The van der Waals surface area contributed by atoms with Gasteiger partial charge in [-0.15, -0.1) is 0 Å². The average molecular weight is 222 g/mol. The highest BCUT2D eigenvalue weighted by Crippen LogP contribution is 2.25. The summed E-state index contributed by atoms with van der Waals surface area (Å²) in [5.74, 6) is 0.